The number of hydrogen-bond acceptors (Lipinski definition) is 5. The zero-order valence-corrected chi connectivity index (χ0v) is 13.0. The summed E-state index contributed by atoms with van der Waals surface area (Å²) in [6.07, 6.45) is 0.778. The predicted octanol–water partition coefficient (Wildman–Crippen LogP) is 1.87. The Labute approximate surface area is 134 Å². The van der Waals surface area contributed by atoms with Crippen molar-refractivity contribution in [1.82, 2.24) is 10.2 Å². The van der Waals surface area contributed by atoms with Crippen LogP contribution < -0.4 is 4.90 Å². The average Bonchev–Trinajstić information content (AvgIpc) is 2.96. The second-order valence-electron chi connectivity index (χ2n) is 6.53. The maximum Gasteiger partial charge on any atom is 0.314 e. The summed E-state index contributed by atoms with van der Waals surface area (Å²) in [5, 5.41) is 20.5. The van der Waals surface area contributed by atoms with Crippen molar-refractivity contribution in [1.29, 1.82) is 0 Å². The summed E-state index contributed by atoms with van der Waals surface area (Å²) in [6, 6.07) is 8.02. The van der Waals surface area contributed by atoms with Gasteiger partial charge in [0.1, 0.15) is 5.41 Å². The first-order chi connectivity index (χ1) is 11.1. The van der Waals surface area contributed by atoms with E-state index in [9.17, 15) is 9.90 Å². The molecule has 0 saturated carbocycles. The smallest absolute Gasteiger partial charge is 0.314 e. The highest BCUT2D eigenvalue weighted by molar-refractivity contribution is 5.93. The number of aliphatic carboxylic acids is 1. The fraction of sp³-hybridized carbons (Fsp3) is 0.471. The molecule has 3 heterocycles. The fourth-order valence-electron chi connectivity index (χ4n) is 3.91. The minimum absolute atomic E-state index is 0.0932. The van der Waals surface area contributed by atoms with Gasteiger partial charge in [0.05, 0.1) is 12.3 Å². The maximum absolute atomic E-state index is 11.9. The number of aromatic nitrogens is 2. The lowest BCUT2D eigenvalue weighted by Gasteiger charge is -2.33. The van der Waals surface area contributed by atoms with E-state index >= 15 is 0 Å². The first-order valence-electron chi connectivity index (χ1n) is 7.90. The van der Waals surface area contributed by atoms with Crippen LogP contribution in [0.15, 0.2) is 24.3 Å². The lowest BCUT2D eigenvalue weighted by atomic mass is 9.76. The molecule has 1 aromatic carbocycles. The number of carboxylic acids is 1. The van der Waals surface area contributed by atoms with Gasteiger partial charge in [0.2, 0.25) is 0 Å². The van der Waals surface area contributed by atoms with Gasteiger partial charge in [0, 0.05) is 30.5 Å². The summed E-state index contributed by atoms with van der Waals surface area (Å²) in [7, 11) is 0. The van der Waals surface area contributed by atoms with Gasteiger partial charge < -0.3 is 14.7 Å². The Morgan fingerprint density at radius 2 is 2.13 bits per heavy atom. The van der Waals surface area contributed by atoms with Crippen LogP contribution >= 0.6 is 0 Å². The quantitative estimate of drug-likeness (QED) is 0.912. The summed E-state index contributed by atoms with van der Waals surface area (Å²) in [4.78, 5) is 14.0. The minimum atomic E-state index is -0.827. The number of rotatable bonds is 2. The third-order valence-electron chi connectivity index (χ3n) is 5.24. The molecule has 1 N–H and O–H groups in total. The van der Waals surface area contributed by atoms with Crippen LogP contribution in [0.25, 0.3) is 10.8 Å². The molecule has 2 aliphatic heterocycles. The topological polar surface area (TPSA) is 75.5 Å². The van der Waals surface area contributed by atoms with Crippen LogP contribution in [0.2, 0.25) is 0 Å². The standard InChI is InChI=1S/C17H19N3O3/c1-11-13-4-2-3-5-14(13)15(19-18-11)20-8-12-6-7-23-10-17(12,9-20)16(21)22/h2-5,12H,6-10H2,1H3,(H,21,22)/t12-,17+/m0/s1. The van der Waals surface area contributed by atoms with Crippen LogP contribution in [0, 0.1) is 18.3 Å². The Balaban J connectivity index is 1.78. The van der Waals surface area contributed by atoms with Crippen LogP contribution in [-0.2, 0) is 9.53 Å². The number of carbonyl (C=O) groups is 1. The third kappa shape index (κ3) is 2.09. The molecule has 6 nitrogen and oxygen atoms in total. The summed E-state index contributed by atoms with van der Waals surface area (Å²) in [5.41, 5.74) is 0.0589. The third-order valence-corrected chi connectivity index (χ3v) is 5.24. The Kier molecular flexibility index (Phi) is 3.23. The monoisotopic (exact) mass is 313 g/mol. The highest BCUT2D eigenvalue weighted by atomic mass is 16.5. The van der Waals surface area contributed by atoms with E-state index in [1.807, 2.05) is 31.2 Å². The molecular formula is C17H19N3O3. The Morgan fingerprint density at radius 3 is 2.87 bits per heavy atom. The molecular weight excluding hydrogens is 294 g/mol. The number of hydrogen-bond donors (Lipinski definition) is 1. The molecule has 4 rings (SSSR count). The van der Waals surface area contributed by atoms with Gasteiger partial charge in [-0.25, -0.2) is 0 Å². The van der Waals surface area contributed by atoms with E-state index in [1.54, 1.807) is 0 Å². The molecule has 0 radical (unpaired) electrons. The van der Waals surface area contributed by atoms with Crippen LogP contribution in [0.3, 0.4) is 0 Å². The van der Waals surface area contributed by atoms with Gasteiger partial charge in [0.25, 0.3) is 0 Å². The number of carboxylic acid groups (broad SMARTS) is 1. The summed E-state index contributed by atoms with van der Waals surface area (Å²) < 4.78 is 5.50. The van der Waals surface area contributed by atoms with E-state index in [0.717, 1.165) is 28.7 Å². The summed E-state index contributed by atoms with van der Waals surface area (Å²) >= 11 is 0. The minimum Gasteiger partial charge on any atom is -0.481 e. The van der Waals surface area contributed by atoms with Crippen molar-refractivity contribution in [2.24, 2.45) is 11.3 Å². The van der Waals surface area contributed by atoms with Gasteiger partial charge in [-0.05, 0) is 19.3 Å². The number of anilines is 1. The van der Waals surface area contributed by atoms with Gasteiger partial charge >= 0.3 is 5.97 Å². The van der Waals surface area contributed by atoms with Crippen molar-refractivity contribution in [2.45, 2.75) is 13.3 Å². The van der Waals surface area contributed by atoms with Crippen LogP contribution in [0.5, 0.6) is 0 Å². The fourth-order valence-corrected chi connectivity index (χ4v) is 3.91. The molecule has 0 aliphatic carbocycles. The highest BCUT2D eigenvalue weighted by Gasteiger charge is 2.54. The molecule has 0 bridgehead atoms. The van der Waals surface area contributed by atoms with E-state index in [2.05, 4.69) is 15.1 Å². The van der Waals surface area contributed by atoms with Crippen molar-refractivity contribution in [2.75, 3.05) is 31.2 Å². The molecule has 2 aromatic rings. The lowest BCUT2D eigenvalue weighted by Crippen LogP contribution is -2.46. The molecule has 2 fully saturated rings. The normalized spacial score (nSPS) is 27.2. The number of aryl methyl sites for hydroxylation is 1. The first kappa shape index (κ1) is 14.4. The second-order valence-corrected chi connectivity index (χ2v) is 6.53. The summed E-state index contributed by atoms with van der Waals surface area (Å²) in [5.74, 6) is 0.103. The Hall–Kier alpha value is -2.21. The first-order valence-corrected chi connectivity index (χ1v) is 7.90. The molecule has 1 aromatic heterocycles. The van der Waals surface area contributed by atoms with Gasteiger partial charge in [-0.2, -0.15) is 5.10 Å². The van der Waals surface area contributed by atoms with E-state index in [4.69, 9.17) is 4.74 Å². The summed E-state index contributed by atoms with van der Waals surface area (Å²) in [6.45, 7) is 3.97. The Morgan fingerprint density at radius 1 is 1.35 bits per heavy atom. The molecule has 2 saturated heterocycles. The highest BCUT2D eigenvalue weighted by Crippen LogP contribution is 2.43. The Bertz CT molecular complexity index is 779. The van der Waals surface area contributed by atoms with Crippen molar-refractivity contribution < 1.29 is 14.6 Å². The van der Waals surface area contributed by atoms with Crippen LogP contribution in [-0.4, -0.2) is 47.6 Å². The predicted molar refractivity (Wildman–Crippen MR) is 85.5 cm³/mol. The van der Waals surface area contributed by atoms with Crippen molar-refractivity contribution >= 4 is 22.6 Å². The number of nitrogens with zero attached hydrogens (tertiary/aromatic N) is 3. The molecule has 2 atom stereocenters. The molecule has 6 heteroatoms. The number of benzene rings is 1. The zero-order valence-electron chi connectivity index (χ0n) is 13.0. The van der Waals surface area contributed by atoms with Gasteiger partial charge in [-0.1, -0.05) is 24.3 Å². The van der Waals surface area contributed by atoms with E-state index < -0.39 is 11.4 Å². The molecule has 0 spiro atoms. The van der Waals surface area contributed by atoms with E-state index in [1.165, 1.54) is 0 Å². The van der Waals surface area contributed by atoms with Crippen molar-refractivity contribution in [3.8, 4) is 0 Å². The largest absolute Gasteiger partial charge is 0.481 e. The SMILES string of the molecule is Cc1nnc(N2C[C@@H]3CCOC[C@]3(C(=O)O)C2)c2ccccc12. The number of ether oxygens (including phenoxy) is 1. The molecule has 0 amide bonds. The van der Waals surface area contributed by atoms with Gasteiger partial charge in [-0.3, -0.25) is 4.79 Å². The average molecular weight is 313 g/mol. The molecule has 23 heavy (non-hydrogen) atoms. The van der Waals surface area contributed by atoms with Crippen molar-refractivity contribution in [3.63, 3.8) is 0 Å². The van der Waals surface area contributed by atoms with E-state index in [-0.39, 0.29) is 12.5 Å². The zero-order chi connectivity index (χ0) is 16.0. The number of fused-ring (bicyclic) bond motifs is 2. The van der Waals surface area contributed by atoms with E-state index in [0.29, 0.717) is 19.7 Å². The van der Waals surface area contributed by atoms with Gasteiger partial charge in [-0.15, -0.1) is 5.10 Å². The molecule has 120 valence electrons. The molecule has 2 aliphatic rings. The second kappa shape index (κ2) is 5.16. The maximum atomic E-state index is 11.9. The van der Waals surface area contributed by atoms with Gasteiger partial charge in [0.15, 0.2) is 5.82 Å². The lowest BCUT2D eigenvalue weighted by molar-refractivity contribution is -0.159. The molecule has 0 unspecified atom stereocenters. The van der Waals surface area contributed by atoms with Crippen LogP contribution in [0.1, 0.15) is 12.1 Å². The van der Waals surface area contributed by atoms with Crippen molar-refractivity contribution in [3.05, 3.63) is 30.0 Å². The van der Waals surface area contributed by atoms with Crippen LogP contribution in [0.4, 0.5) is 5.82 Å².